The van der Waals surface area contributed by atoms with Crippen molar-refractivity contribution in [2.45, 2.75) is 254 Å². The van der Waals surface area contributed by atoms with Gasteiger partial charge in [0.2, 0.25) is 70.9 Å². The third-order valence-corrected chi connectivity index (χ3v) is 23.0. The Kier molecular flexibility index (Phi) is 27.5. The van der Waals surface area contributed by atoms with E-state index >= 15 is 19.2 Å². The predicted octanol–water partition coefficient (Wildman–Crippen LogP) is 5.07. The Morgan fingerprint density at radius 2 is 1.21 bits per heavy atom. The van der Waals surface area contributed by atoms with Crippen LogP contribution in [0.15, 0.2) is 0 Å². The van der Waals surface area contributed by atoms with Crippen molar-refractivity contribution in [2.75, 3.05) is 81.6 Å². The van der Waals surface area contributed by atoms with Gasteiger partial charge in [-0.3, -0.25) is 57.5 Å². The summed E-state index contributed by atoms with van der Waals surface area (Å²) < 4.78 is 42.0. The Balaban J connectivity index is 1.25. The molecule has 7 aliphatic rings. The zero-order chi connectivity index (χ0) is 71.5. The van der Waals surface area contributed by atoms with Crippen molar-refractivity contribution in [3.05, 3.63) is 0 Å². The molecule has 28 heteroatoms. The molecule has 7 fully saturated rings. The van der Waals surface area contributed by atoms with E-state index in [4.69, 9.17) is 11.6 Å². The molecule has 4 saturated heterocycles. The summed E-state index contributed by atoms with van der Waals surface area (Å²) in [6.07, 6.45) is 4.94. The maximum Gasteiger partial charge on any atom is 0.393 e. The first kappa shape index (κ1) is 78.1. The average molecular weight is 1390 g/mol. The highest BCUT2D eigenvalue weighted by atomic mass is 35.5. The molecule has 97 heavy (non-hydrogen) atoms. The van der Waals surface area contributed by atoms with Gasteiger partial charge in [0.1, 0.15) is 53.9 Å². The van der Waals surface area contributed by atoms with Gasteiger partial charge >= 0.3 is 6.18 Å². The lowest BCUT2D eigenvalue weighted by Crippen LogP contribution is -2.65. The van der Waals surface area contributed by atoms with Gasteiger partial charge in [0.25, 0.3) is 0 Å². The van der Waals surface area contributed by atoms with Crippen LogP contribution in [0.25, 0.3) is 0 Å². The van der Waals surface area contributed by atoms with Crippen molar-refractivity contribution >= 4 is 82.5 Å². The van der Waals surface area contributed by atoms with E-state index in [-0.39, 0.29) is 89.1 Å². The summed E-state index contributed by atoms with van der Waals surface area (Å²) in [7, 11) is 8.58. The number of fused-ring (bicyclic) bond motifs is 2. The van der Waals surface area contributed by atoms with Gasteiger partial charge in [0, 0.05) is 73.8 Å². The minimum absolute atomic E-state index is 0.00240. The van der Waals surface area contributed by atoms with Crippen LogP contribution in [0.2, 0.25) is 0 Å². The van der Waals surface area contributed by atoms with Gasteiger partial charge in [-0.1, -0.05) is 79.1 Å². The highest BCUT2D eigenvalue weighted by Crippen LogP contribution is 2.44. The third-order valence-electron chi connectivity index (χ3n) is 22.5. The lowest BCUT2D eigenvalue weighted by atomic mass is 9.78. The van der Waals surface area contributed by atoms with Gasteiger partial charge < -0.3 is 60.0 Å². The Hall–Kier alpha value is -6.28. The number of halogens is 4. The number of nitrogens with one attached hydrogen (secondary N) is 3. The van der Waals surface area contributed by atoms with Gasteiger partial charge in [0.05, 0.1) is 25.4 Å². The largest absolute Gasteiger partial charge is 0.393 e. The van der Waals surface area contributed by atoms with Crippen LogP contribution in [-0.4, -0.2) is 262 Å². The zero-order valence-corrected chi connectivity index (χ0v) is 60.0. The molecule has 0 aromatic rings. The summed E-state index contributed by atoms with van der Waals surface area (Å²) >= 11 is 6.40. The first-order chi connectivity index (χ1) is 45.7. The Morgan fingerprint density at radius 1 is 0.598 bits per heavy atom. The first-order valence-corrected chi connectivity index (χ1v) is 36.2. The van der Waals surface area contributed by atoms with E-state index in [0.29, 0.717) is 58.0 Å². The molecule has 0 bridgehead atoms. The van der Waals surface area contributed by atoms with Crippen LogP contribution in [0.5, 0.6) is 0 Å². The predicted molar refractivity (Wildman–Crippen MR) is 356 cm³/mol. The standard InChI is InChI=1S/C69H110ClF3N12O12/c1-12-43(4)57-65(95)78(7)41-56(88)84-35-22-26-51(84)63(93)80(9)52(38-45-23-15-13-16-24-45)62(92)77(6)40-54(86)74-49(30-28-46-27-29-47(48(70)37-46)69(71,72)73)61(91)85-36-21-25-50(85)60(90)76-68(31-17-18-32-68)67(97)82(11)58(42(2)3)66(96)81(10)53(64(94)83-33-19-14-20-34-83)39-55(87)79(8)44(5)59(89)75-57/h42-53,57-58H,12-41H2,1-11H3,(H,74,86)(H,75,89)(H,76,90)/t43-,44-,46?,47?,48?,49-,50-,51-,52-,53-,57-,58-/m0/s1. The van der Waals surface area contributed by atoms with Gasteiger partial charge in [0.15, 0.2) is 0 Å². The number of likely N-dealkylation sites (N-methyl/N-ethyl adjacent to an activating group) is 6. The average Bonchev–Trinajstić information content (AvgIpc) is 1.76. The van der Waals surface area contributed by atoms with Gasteiger partial charge in [-0.25, -0.2) is 0 Å². The quantitative estimate of drug-likeness (QED) is 0.256. The number of likely N-dealkylation sites (tertiary alicyclic amines) is 1. The summed E-state index contributed by atoms with van der Waals surface area (Å²) in [5.74, 6) is -10.5. The Bertz CT molecular complexity index is 2850. The van der Waals surface area contributed by atoms with E-state index in [9.17, 15) is 51.5 Å². The monoisotopic (exact) mass is 1390 g/mol. The lowest BCUT2D eigenvalue weighted by Gasteiger charge is -2.42. The number of carbonyl (C=O) groups is 12. The van der Waals surface area contributed by atoms with Gasteiger partial charge in [-0.05, 0) is 127 Å². The van der Waals surface area contributed by atoms with E-state index in [0.717, 1.165) is 43.4 Å². The van der Waals surface area contributed by atoms with E-state index in [1.807, 2.05) is 6.92 Å². The molecule has 4 heterocycles. The molecule has 0 aromatic heterocycles. The number of hydrogen-bond donors (Lipinski definition) is 3. The smallest absolute Gasteiger partial charge is 0.343 e. The van der Waals surface area contributed by atoms with Crippen LogP contribution < -0.4 is 16.0 Å². The molecule has 3 saturated carbocycles. The summed E-state index contributed by atoms with van der Waals surface area (Å²) in [6, 6.07) is -9.64. The highest BCUT2D eigenvalue weighted by Gasteiger charge is 2.52. The fourth-order valence-corrected chi connectivity index (χ4v) is 16.6. The summed E-state index contributed by atoms with van der Waals surface area (Å²) in [5, 5.41) is 7.49. The molecule has 0 aromatic carbocycles. The van der Waals surface area contributed by atoms with Crippen molar-refractivity contribution in [3.63, 3.8) is 0 Å². The molecule has 0 radical (unpaired) electrons. The summed E-state index contributed by atoms with van der Waals surface area (Å²) in [5.41, 5.74) is -1.56. The maximum absolute atomic E-state index is 15.4. The van der Waals surface area contributed by atoms with Gasteiger partial charge in [-0.2, -0.15) is 13.2 Å². The number of amides is 12. The molecule has 12 atom stereocenters. The second-order valence-electron chi connectivity index (χ2n) is 29.6. The molecule has 3 aliphatic carbocycles. The molecular formula is C69H110ClF3N12O12. The zero-order valence-electron chi connectivity index (χ0n) is 59.2. The molecule has 3 unspecified atom stereocenters. The normalized spacial score (nSPS) is 30.9. The number of rotatable bonds is 9. The van der Waals surface area contributed by atoms with Crippen LogP contribution in [0.1, 0.15) is 189 Å². The summed E-state index contributed by atoms with van der Waals surface area (Å²) in [6.45, 7) is 8.46. The second-order valence-corrected chi connectivity index (χ2v) is 30.1. The van der Waals surface area contributed by atoms with Crippen molar-refractivity contribution < 1.29 is 70.7 Å². The fourth-order valence-electron chi connectivity index (χ4n) is 16.0. The topological polar surface area (TPSA) is 270 Å². The van der Waals surface area contributed by atoms with Crippen LogP contribution in [-0.2, 0) is 57.5 Å². The van der Waals surface area contributed by atoms with Crippen LogP contribution in [0.3, 0.4) is 0 Å². The first-order valence-electron chi connectivity index (χ1n) is 35.8. The summed E-state index contributed by atoms with van der Waals surface area (Å²) in [4.78, 5) is 190. The molecule has 546 valence electrons. The SMILES string of the molecule is CC[C@H](C)[C@@H]1NC(=O)[C@H](C)N(C)C(=O)C[C@@H](C(=O)N2CCCCC2)N(C)C(=O)[C@H](C(C)C)N(C)C(=O)C2(CCCC2)NC(=O)[C@@H]2CCCN2C(=O)[C@H](CCC2CCC(C(F)(F)F)C(Cl)C2)NC(=O)CN(C)C(=O)[C@H](CC2CCCCC2)N(C)C(=O)[C@@H]2CCCN2C(=O)CN(C)C1=O. The number of nitrogens with zero attached hydrogens (tertiary/aromatic N) is 9. The minimum Gasteiger partial charge on any atom is -0.343 e. The number of hydrogen-bond acceptors (Lipinski definition) is 12. The third kappa shape index (κ3) is 18.8. The molecule has 3 N–H and O–H groups in total. The molecule has 1 spiro atoms. The van der Waals surface area contributed by atoms with Crippen molar-refractivity contribution in [3.8, 4) is 0 Å². The van der Waals surface area contributed by atoms with Crippen LogP contribution >= 0.6 is 11.6 Å². The second kappa shape index (κ2) is 34.2. The molecular weight excluding hydrogens is 1280 g/mol. The number of carbonyl (C=O) groups excluding carboxylic acids is 12. The van der Waals surface area contributed by atoms with Crippen molar-refractivity contribution in [1.82, 2.24) is 60.0 Å². The molecule has 12 amide bonds. The van der Waals surface area contributed by atoms with Crippen LogP contribution in [0.4, 0.5) is 13.2 Å². The van der Waals surface area contributed by atoms with E-state index < -0.39 is 174 Å². The minimum atomic E-state index is -4.51. The maximum atomic E-state index is 15.4. The highest BCUT2D eigenvalue weighted by molar-refractivity contribution is 6.21. The van der Waals surface area contributed by atoms with Gasteiger partial charge in [-0.15, -0.1) is 11.6 Å². The van der Waals surface area contributed by atoms with E-state index in [1.165, 1.54) is 83.5 Å². The number of alkyl halides is 4. The Morgan fingerprint density at radius 3 is 1.81 bits per heavy atom. The van der Waals surface area contributed by atoms with E-state index in [1.54, 1.807) is 25.7 Å². The Labute approximate surface area is 576 Å². The number of piperidine rings is 1. The van der Waals surface area contributed by atoms with E-state index in [2.05, 4.69) is 16.0 Å². The van der Waals surface area contributed by atoms with Crippen LogP contribution in [0, 0.1) is 29.6 Å². The molecule has 4 aliphatic heterocycles. The fraction of sp³-hybridized carbons (Fsp3) is 0.826. The molecule has 7 rings (SSSR count). The van der Waals surface area contributed by atoms with Crippen molar-refractivity contribution in [2.24, 2.45) is 29.6 Å². The van der Waals surface area contributed by atoms with Crippen molar-refractivity contribution in [1.29, 1.82) is 0 Å². The lowest BCUT2D eigenvalue weighted by molar-refractivity contribution is -0.182. The molecule has 24 nitrogen and oxygen atoms in total.